The van der Waals surface area contributed by atoms with Gasteiger partial charge in [0.15, 0.2) is 0 Å². The van der Waals surface area contributed by atoms with Crippen molar-refractivity contribution >= 4 is 11.8 Å². The zero-order chi connectivity index (χ0) is 11.5. The summed E-state index contributed by atoms with van der Waals surface area (Å²) in [5, 5.41) is 10.6. The van der Waals surface area contributed by atoms with Crippen LogP contribution in [-0.4, -0.2) is 17.8 Å². The van der Waals surface area contributed by atoms with Crippen molar-refractivity contribution < 1.29 is 14.4 Å². The normalized spacial score (nSPS) is 17.7. The number of non-ortho nitro benzene ring substituents is 1. The molecule has 0 spiro atoms. The third kappa shape index (κ3) is 2.04. The third-order valence-corrected chi connectivity index (χ3v) is 2.21. The minimum absolute atomic E-state index is 0.0573. The van der Waals surface area contributed by atoms with E-state index in [0.29, 0.717) is 17.9 Å². The van der Waals surface area contributed by atoms with E-state index in [1.165, 1.54) is 12.1 Å². The van der Waals surface area contributed by atoms with Crippen molar-refractivity contribution in [3.8, 4) is 5.75 Å². The van der Waals surface area contributed by atoms with Crippen LogP contribution in [-0.2, 0) is 4.74 Å². The molecule has 84 valence electrons. The Morgan fingerprint density at radius 3 is 3.06 bits per heavy atom. The molecule has 1 aromatic carbocycles. The molecule has 0 aromatic heterocycles. The number of nitrogens with zero attached hydrogens (tertiary/aromatic N) is 1. The summed E-state index contributed by atoms with van der Waals surface area (Å²) in [5.41, 5.74) is 0.756. The van der Waals surface area contributed by atoms with Crippen molar-refractivity contribution in [2.24, 2.45) is 0 Å². The summed E-state index contributed by atoms with van der Waals surface area (Å²) in [7, 11) is 0. The smallest absolute Gasteiger partial charge is 0.270 e. The van der Waals surface area contributed by atoms with E-state index in [9.17, 15) is 10.1 Å². The van der Waals surface area contributed by atoms with Crippen LogP contribution in [0.4, 0.5) is 5.69 Å². The lowest BCUT2D eigenvalue weighted by Gasteiger charge is -2.20. The number of rotatable bonds is 3. The zero-order valence-electron chi connectivity index (χ0n) is 8.75. The highest BCUT2D eigenvalue weighted by Crippen LogP contribution is 2.29. The minimum atomic E-state index is -0.428. The van der Waals surface area contributed by atoms with Crippen LogP contribution in [0.15, 0.2) is 24.3 Å². The highest BCUT2D eigenvalue weighted by molar-refractivity contribution is 5.62. The van der Waals surface area contributed by atoms with E-state index in [-0.39, 0.29) is 5.69 Å². The molecule has 0 saturated heterocycles. The molecule has 1 heterocycles. The number of nitro benzene ring substituents is 1. The molecule has 0 radical (unpaired) electrons. The van der Waals surface area contributed by atoms with Gasteiger partial charge in [-0.2, -0.15) is 0 Å². The van der Waals surface area contributed by atoms with Gasteiger partial charge in [-0.05, 0) is 25.1 Å². The Labute approximate surface area is 92.4 Å². The maximum atomic E-state index is 10.6. The summed E-state index contributed by atoms with van der Waals surface area (Å²) in [4.78, 5) is 10.1. The molecule has 0 unspecified atom stereocenters. The van der Waals surface area contributed by atoms with E-state index in [1.54, 1.807) is 18.2 Å². The Hall–Kier alpha value is -1.88. The maximum Gasteiger partial charge on any atom is 0.270 e. The Kier molecular flexibility index (Phi) is 2.87. The van der Waals surface area contributed by atoms with Gasteiger partial charge in [-0.3, -0.25) is 10.1 Å². The molecule has 1 aliphatic heterocycles. The van der Waals surface area contributed by atoms with Crippen LogP contribution in [0.2, 0.25) is 0 Å². The minimum Gasteiger partial charge on any atom is -0.461 e. The van der Waals surface area contributed by atoms with Gasteiger partial charge >= 0.3 is 0 Å². The summed E-state index contributed by atoms with van der Waals surface area (Å²) >= 11 is 0. The number of hydrogen-bond acceptors (Lipinski definition) is 4. The van der Waals surface area contributed by atoms with Crippen LogP contribution < -0.4 is 4.74 Å². The highest BCUT2D eigenvalue weighted by Gasteiger charge is 2.17. The molecule has 1 atom stereocenters. The van der Waals surface area contributed by atoms with E-state index in [4.69, 9.17) is 9.47 Å². The van der Waals surface area contributed by atoms with Crippen molar-refractivity contribution in [2.75, 3.05) is 6.61 Å². The van der Waals surface area contributed by atoms with Crippen molar-refractivity contribution in [1.29, 1.82) is 0 Å². The topological polar surface area (TPSA) is 61.6 Å². The van der Waals surface area contributed by atoms with Gasteiger partial charge in [-0.25, -0.2) is 0 Å². The highest BCUT2D eigenvalue weighted by atomic mass is 16.7. The molecule has 0 N–H and O–H groups in total. The second-order valence-corrected chi connectivity index (χ2v) is 3.28. The predicted molar refractivity (Wildman–Crippen MR) is 58.2 cm³/mol. The quantitative estimate of drug-likeness (QED) is 0.580. The number of nitro groups is 1. The lowest BCUT2D eigenvalue weighted by atomic mass is 10.1. The predicted octanol–water partition coefficient (Wildman–Crippen LogP) is 2.36. The fourth-order valence-corrected chi connectivity index (χ4v) is 1.49. The van der Waals surface area contributed by atoms with Crippen LogP contribution >= 0.6 is 0 Å². The van der Waals surface area contributed by atoms with Crippen LogP contribution in [0, 0.1) is 10.1 Å². The van der Waals surface area contributed by atoms with Crippen LogP contribution in [0.25, 0.3) is 6.08 Å². The number of hydrogen-bond donors (Lipinski definition) is 0. The fourth-order valence-electron chi connectivity index (χ4n) is 1.49. The van der Waals surface area contributed by atoms with Gasteiger partial charge < -0.3 is 9.47 Å². The first-order valence-corrected chi connectivity index (χ1v) is 4.95. The van der Waals surface area contributed by atoms with Gasteiger partial charge in [-0.15, -0.1) is 0 Å². The van der Waals surface area contributed by atoms with Crippen molar-refractivity contribution in [1.82, 2.24) is 0 Å². The lowest BCUT2D eigenvalue weighted by Crippen LogP contribution is -2.20. The second-order valence-electron chi connectivity index (χ2n) is 3.28. The second kappa shape index (κ2) is 4.32. The molecular weight excluding hydrogens is 210 g/mol. The van der Waals surface area contributed by atoms with Crippen molar-refractivity contribution in [3.05, 3.63) is 40.0 Å². The molecule has 2 rings (SSSR count). The Bertz CT molecular complexity index is 442. The first kappa shape index (κ1) is 10.6. The number of ether oxygens (including phenoxy) is 2. The fraction of sp³-hybridized carbons (Fsp3) is 0.273. The van der Waals surface area contributed by atoms with E-state index < -0.39 is 11.2 Å². The van der Waals surface area contributed by atoms with Crippen molar-refractivity contribution in [3.63, 3.8) is 0 Å². The van der Waals surface area contributed by atoms with E-state index in [0.717, 1.165) is 0 Å². The van der Waals surface area contributed by atoms with E-state index in [2.05, 4.69) is 0 Å². The van der Waals surface area contributed by atoms with Crippen LogP contribution in [0.1, 0.15) is 12.5 Å². The first-order valence-electron chi connectivity index (χ1n) is 4.95. The molecule has 5 nitrogen and oxygen atoms in total. The molecule has 0 saturated carbocycles. The van der Waals surface area contributed by atoms with E-state index >= 15 is 0 Å². The zero-order valence-corrected chi connectivity index (χ0v) is 8.75. The Morgan fingerprint density at radius 1 is 1.56 bits per heavy atom. The molecule has 0 amide bonds. The van der Waals surface area contributed by atoms with E-state index in [1.807, 2.05) is 6.92 Å². The average Bonchev–Trinajstić information content (AvgIpc) is 2.28. The molecule has 0 fully saturated rings. The number of benzene rings is 1. The molecule has 16 heavy (non-hydrogen) atoms. The summed E-state index contributed by atoms with van der Waals surface area (Å²) in [6, 6.07) is 4.48. The van der Waals surface area contributed by atoms with Gasteiger partial charge in [0, 0.05) is 24.3 Å². The van der Waals surface area contributed by atoms with Gasteiger partial charge in [0.1, 0.15) is 5.75 Å². The molecule has 5 heteroatoms. The molecular formula is C11H11NO4. The Balaban J connectivity index is 2.25. The largest absolute Gasteiger partial charge is 0.461 e. The maximum absolute atomic E-state index is 10.6. The summed E-state index contributed by atoms with van der Waals surface area (Å²) in [6.07, 6.45) is 3.10. The molecule has 0 aliphatic carbocycles. The van der Waals surface area contributed by atoms with Gasteiger partial charge in [0.05, 0.1) is 4.92 Å². The first-order chi connectivity index (χ1) is 7.70. The lowest BCUT2D eigenvalue weighted by molar-refractivity contribution is -0.384. The van der Waals surface area contributed by atoms with Gasteiger partial charge in [0.25, 0.3) is 5.69 Å². The Morgan fingerprint density at radius 2 is 2.38 bits per heavy atom. The SMILES string of the molecule is CCO[C@H]1C=Cc2cc([N+](=O)[O-])ccc2O1. The average molecular weight is 221 g/mol. The van der Waals surface area contributed by atoms with Crippen LogP contribution in [0.3, 0.4) is 0 Å². The number of fused-ring (bicyclic) bond motifs is 1. The third-order valence-electron chi connectivity index (χ3n) is 2.21. The summed E-state index contributed by atoms with van der Waals surface area (Å²) in [6.45, 7) is 2.43. The monoisotopic (exact) mass is 221 g/mol. The van der Waals surface area contributed by atoms with Crippen molar-refractivity contribution in [2.45, 2.75) is 13.2 Å². The molecule has 1 aromatic rings. The standard InChI is InChI=1S/C11H11NO4/c1-2-15-11-6-3-8-7-9(12(13)14)4-5-10(8)16-11/h3-7,11H,2H2,1H3/t11-/m1/s1. The summed E-state index contributed by atoms with van der Waals surface area (Å²) < 4.78 is 10.7. The molecule has 1 aliphatic rings. The van der Waals surface area contributed by atoms with Gasteiger partial charge in [-0.1, -0.05) is 0 Å². The molecule has 0 bridgehead atoms. The van der Waals surface area contributed by atoms with Crippen LogP contribution in [0.5, 0.6) is 5.75 Å². The summed E-state index contributed by atoms with van der Waals surface area (Å²) in [5.74, 6) is 0.603. The van der Waals surface area contributed by atoms with Gasteiger partial charge in [0.2, 0.25) is 6.29 Å².